The number of methoxy groups -OCH3 is 1. The van der Waals surface area contributed by atoms with Gasteiger partial charge < -0.3 is 10.5 Å². The summed E-state index contributed by atoms with van der Waals surface area (Å²) in [6, 6.07) is 1.92. The highest BCUT2D eigenvalue weighted by molar-refractivity contribution is 7.10. The lowest BCUT2D eigenvalue weighted by atomic mass is 10.0. The molecule has 15 heavy (non-hydrogen) atoms. The molecule has 4 heteroatoms. The molecule has 1 aliphatic carbocycles. The number of rotatable bonds is 4. The van der Waals surface area contributed by atoms with E-state index in [2.05, 4.69) is 4.74 Å². The molecule has 1 aromatic rings. The highest BCUT2D eigenvalue weighted by Gasteiger charge is 2.41. The minimum atomic E-state index is -0.255. The molecule has 0 spiro atoms. The number of hydrogen-bond donors (Lipinski definition) is 1. The second-order valence-corrected chi connectivity index (χ2v) is 5.17. The lowest BCUT2D eigenvalue weighted by Crippen LogP contribution is -2.17. The van der Waals surface area contributed by atoms with Crippen molar-refractivity contribution in [2.45, 2.75) is 19.3 Å². The zero-order chi connectivity index (χ0) is 10.9. The van der Waals surface area contributed by atoms with Gasteiger partial charge in [-0.15, -0.1) is 11.3 Å². The van der Waals surface area contributed by atoms with Gasteiger partial charge in [0.1, 0.15) is 0 Å². The second kappa shape index (κ2) is 3.94. The van der Waals surface area contributed by atoms with Crippen molar-refractivity contribution in [1.29, 1.82) is 0 Å². The quantitative estimate of drug-likeness (QED) is 0.795. The predicted molar refractivity (Wildman–Crippen MR) is 60.1 cm³/mol. The van der Waals surface area contributed by atoms with Crippen LogP contribution < -0.4 is 5.73 Å². The van der Waals surface area contributed by atoms with Crippen molar-refractivity contribution in [2.24, 2.45) is 11.1 Å². The zero-order valence-electron chi connectivity index (χ0n) is 8.79. The summed E-state index contributed by atoms with van der Waals surface area (Å²) in [5, 5.41) is 1.85. The van der Waals surface area contributed by atoms with Gasteiger partial charge in [0.2, 0.25) is 0 Å². The smallest absolute Gasteiger partial charge is 0.338 e. The van der Waals surface area contributed by atoms with Crippen LogP contribution >= 0.6 is 11.3 Å². The fourth-order valence-corrected chi connectivity index (χ4v) is 2.72. The Kier molecular flexibility index (Phi) is 2.80. The first-order valence-corrected chi connectivity index (χ1v) is 5.93. The number of carbonyl (C=O) groups is 1. The average molecular weight is 225 g/mol. The Morgan fingerprint density at radius 1 is 1.67 bits per heavy atom. The number of thiophene rings is 1. The Morgan fingerprint density at radius 3 is 2.93 bits per heavy atom. The van der Waals surface area contributed by atoms with E-state index in [4.69, 9.17) is 5.73 Å². The summed E-state index contributed by atoms with van der Waals surface area (Å²) in [6.45, 7) is 0.748. The van der Waals surface area contributed by atoms with Gasteiger partial charge >= 0.3 is 5.97 Å². The maximum atomic E-state index is 11.2. The largest absolute Gasteiger partial charge is 0.465 e. The molecule has 0 radical (unpaired) electrons. The van der Waals surface area contributed by atoms with E-state index in [0.29, 0.717) is 11.0 Å². The molecular weight excluding hydrogens is 210 g/mol. The Morgan fingerprint density at radius 2 is 2.40 bits per heavy atom. The normalized spacial score (nSPS) is 17.5. The first kappa shape index (κ1) is 10.6. The fourth-order valence-electron chi connectivity index (χ4n) is 1.70. The molecular formula is C11H15NO2S. The van der Waals surface area contributed by atoms with Gasteiger partial charge in [-0.05, 0) is 37.3 Å². The monoisotopic (exact) mass is 225 g/mol. The third-order valence-electron chi connectivity index (χ3n) is 3.01. The van der Waals surface area contributed by atoms with Crippen LogP contribution in [0.1, 0.15) is 28.1 Å². The summed E-state index contributed by atoms with van der Waals surface area (Å²) < 4.78 is 4.66. The third kappa shape index (κ3) is 2.21. The molecule has 1 aromatic heterocycles. The fraction of sp³-hybridized carbons (Fsp3) is 0.545. The van der Waals surface area contributed by atoms with E-state index in [1.165, 1.54) is 24.8 Å². The van der Waals surface area contributed by atoms with Crippen LogP contribution in [0.3, 0.4) is 0 Å². The molecule has 82 valence electrons. The van der Waals surface area contributed by atoms with Gasteiger partial charge in [0.15, 0.2) is 0 Å². The van der Waals surface area contributed by atoms with Crippen LogP contribution in [-0.4, -0.2) is 19.6 Å². The molecule has 2 N–H and O–H groups in total. The molecule has 1 aliphatic rings. The second-order valence-electron chi connectivity index (χ2n) is 4.17. The van der Waals surface area contributed by atoms with Crippen molar-refractivity contribution in [3.8, 4) is 0 Å². The van der Waals surface area contributed by atoms with Crippen molar-refractivity contribution in [2.75, 3.05) is 13.7 Å². The van der Waals surface area contributed by atoms with Gasteiger partial charge in [0, 0.05) is 10.3 Å². The highest BCUT2D eigenvalue weighted by atomic mass is 32.1. The van der Waals surface area contributed by atoms with Crippen LogP contribution in [-0.2, 0) is 11.2 Å². The molecule has 0 aromatic carbocycles. The van der Waals surface area contributed by atoms with Crippen LogP contribution in [0.4, 0.5) is 0 Å². The van der Waals surface area contributed by atoms with Crippen LogP contribution in [0, 0.1) is 5.41 Å². The maximum absolute atomic E-state index is 11.2. The van der Waals surface area contributed by atoms with Crippen LogP contribution in [0.5, 0.6) is 0 Å². The van der Waals surface area contributed by atoms with Crippen LogP contribution in [0.25, 0.3) is 0 Å². The number of ether oxygens (including phenoxy) is 1. The molecule has 1 heterocycles. The van der Waals surface area contributed by atoms with E-state index in [9.17, 15) is 4.79 Å². The summed E-state index contributed by atoms with van der Waals surface area (Å²) in [7, 11) is 1.40. The van der Waals surface area contributed by atoms with Gasteiger partial charge in [0.05, 0.1) is 12.7 Å². The summed E-state index contributed by atoms with van der Waals surface area (Å²) >= 11 is 1.62. The number of hydrogen-bond acceptors (Lipinski definition) is 4. The third-order valence-corrected chi connectivity index (χ3v) is 3.95. The van der Waals surface area contributed by atoms with E-state index in [0.717, 1.165) is 13.0 Å². The van der Waals surface area contributed by atoms with Crippen LogP contribution in [0.2, 0.25) is 0 Å². The maximum Gasteiger partial charge on any atom is 0.338 e. The minimum Gasteiger partial charge on any atom is -0.465 e. The van der Waals surface area contributed by atoms with Gasteiger partial charge in [-0.3, -0.25) is 0 Å². The van der Waals surface area contributed by atoms with Gasteiger partial charge in [-0.25, -0.2) is 4.79 Å². The first-order chi connectivity index (χ1) is 7.19. The first-order valence-electron chi connectivity index (χ1n) is 5.05. The molecule has 0 bridgehead atoms. The zero-order valence-corrected chi connectivity index (χ0v) is 9.60. The molecule has 1 saturated carbocycles. The SMILES string of the molecule is COC(=O)c1csc(CC2(CN)CC2)c1. The topological polar surface area (TPSA) is 52.3 Å². The van der Waals surface area contributed by atoms with Crippen molar-refractivity contribution in [3.05, 3.63) is 21.9 Å². The summed E-state index contributed by atoms with van der Waals surface area (Å²) in [4.78, 5) is 12.5. The molecule has 0 aliphatic heterocycles. The van der Waals surface area contributed by atoms with E-state index >= 15 is 0 Å². The molecule has 0 saturated heterocycles. The lowest BCUT2D eigenvalue weighted by Gasteiger charge is -2.09. The van der Waals surface area contributed by atoms with Gasteiger partial charge in [0.25, 0.3) is 0 Å². The standard InChI is InChI=1S/C11H15NO2S/c1-14-10(13)8-4-9(15-6-8)5-11(7-12)2-3-11/h4,6H,2-3,5,7,12H2,1H3. The Balaban J connectivity index is 2.04. The van der Waals surface area contributed by atoms with Crippen molar-refractivity contribution in [3.63, 3.8) is 0 Å². The molecule has 0 atom stereocenters. The predicted octanol–water partition coefficient (Wildman–Crippen LogP) is 1.82. The van der Waals surface area contributed by atoms with Crippen LogP contribution in [0.15, 0.2) is 11.4 Å². The van der Waals surface area contributed by atoms with E-state index in [1.54, 1.807) is 11.3 Å². The summed E-state index contributed by atoms with van der Waals surface area (Å²) in [5.74, 6) is -0.255. The van der Waals surface area contributed by atoms with E-state index < -0.39 is 0 Å². The molecule has 1 fully saturated rings. The highest BCUT2D eigenvalue weighted by Crippen LogP contribution is 2.48. The number of nitrogens with two attached hydrogens (primary N) is 1. The summed E-state index contributed by atoms with van der Waals surface area (Å²) in [6.07, 6.45) is 3.44. The van der Waals surface area contributed by atoms with E-state index in [1.807, 2.05) is 11.4 Å². The Hall–Kier alpha value is -0.870. The molecule has 2 rings (SSSR count). The Bertz CT molecular complexity index is 368. The summed E-state index contributed by atoms with van der Waals surface area (Å²) in [5.41, 5.74) is 6.71. The molecule has 0 unspecified atom stereocenters. The lowest BCUT2D eigenvalue weighted by molar-refractivity contribution is 0.0601. The van der Waals surface area contributed by atoms with Crippen molar-refractivity contribution < 1.29 is 9.53 Å². The Labute approximate surface area is 93.2 Å². The molecule has 3 nitrogen and oxygen atoms in total. The average Bonchev–Trinajstić information content (AvgIpc) is 2.87. The van der Waals surface area contributed by atoms with Crippen molar-refractivity contribution in [1.82, 2.24) is 0 Å². The minimum absolute atomic E-state index is 0.255. The van der Waals surface area contributed by atoms with Gasteiger partial charge in [-0.2, -0.15) is 0 Å². The van der Waals surface area contributed by atoms with Gasteiger partial charge in [-0.1, -0.05) is 0 Å². The number of carbonyl (C=O) groups excluding carboxylic acids is 1. The van der Waals surface area contributed by atoms with Crippen molar-refractivity contribution >= 4 is 17.3 Å². The van der Waals surface area contributed by atoms with E-state index in [-0.39, 0.29) is 5.97 Å². The molecule has 0 amide bonds. The number of esters is 1.